The van der Waals surface area contributed by atoms with Crippen molar-refractivity contribution in [1.29, 1.82) is 0 Å². The fourth-order valence-electron chi connectivity index (χ4n) is 3.06. The predicted molar refractivity (Wildman–Crippen MR) is 97.0 cm³/mol. The van der Waals surface area contributed by atoms with Gasteiger partial charge < -0.3 is 14.8 Å². The molecule has 2 heterocycles. The van der Waals surface area contributed by atoms with Crippen LogP contribution >= 0.6 is 0 Å². The lowest BCUT2D eigenvalue weighted by Gasteiger charge is -2.11. The largest absolute Gasteiger partial charge is 0.487 e. The summed E-state index contributed by atoms with van der Waals surface area (Å²) >= 11 is 0. The highest BCUT2D eigenvalue weighted by atomic mass is 19.1. The van der Waals surface area contributed by atoms with Crippen molar-refractivity contribution in [1.82, 2.24) is 15.1 Å². The number of aromatic nitrogens is 2. The van der Waals surface area contributed by atoms with Crippen LogP contribution in [0.3, 0.4) is 0 Å². The average Bonchev–Trinajstić information content (AvgIpc) is 3.15. The number of amides is 2. The zero-order valence-corrected chi connectivity index (χ0v) is 15.2. The molecular weight excluding hydrogens is 351 g/mol. The van der Waals surface area contributed by atoms with Gasteiger partial charge >= 0.3 is 6.03 Å². The first-order valence-electron chi connectivity index (χ1n) is 9.24. The molecule has 7 nitrogen and oxygen atoms in total. The van der Waals surface area contributed by atoms with Crippen LogP contribution in [0.2, 0.25) is 0 Å². The molecule has 1 aliphatic carbocycles. The second-order valence-corrected chi connectivity index (χ2v) is 6.93. The first kappa shape index (κ1) is 17.8. The van der Waals surface area contributed by atoms with Crippen LogP contribution in [0.1, 0.15) is 43.0 Å². The molecule has 144 valence electrons. The Morgan fingerprint density at radius 1 is 1.41 bits per heavy atom. The lowest BCUT2D eigenvalue weighted by Crippen LogP contribution is -2.29. The second kappa shape index (κ2) is 7.56. The van der Waals surface area contributed by atoms with Crippen LogP contribution in [0.15, 0.2) is 24.3 Å². The van der Waals surface area contributed by atoms with Gasteiger partial charge in [-0.05, 0) is 31.7 Å². The maximum Gasteiger partial charge on any atom is 0.320 e. The van der Waals surface area contributed by atoms with Gasteiger partial charge in [-0.15, -0.1) is 0 Å². The van der Waals surface area contributed by atoms with E-state index in [4.69, 9.17) is 9.47 Å². The number of rotatable bonds is 6. The van der Waals surface area contributed by atoms with Gasteiger partial charge in [0.15, 0.2) is 11.6 Å². The minimum absolute atomic E-state index is 0.0156. The summed E-state index contributed by atoms with van der Waals surface area (Å²) in [4.78, 5) is 12.2. The van der Waals surface area contributed by atoms with Gasteiger partial charge in [-0.1, -0.05) is 12.1 Å². The number of ether oxygens (including phenoxy) is 2. The van der Waals surface area contributed by atoms with E-state index in [1.807, 2.05) is 0 Å². The average molecular weight is 374 g/mol. The molecule has 0 spiro atoms. The Balaban J connectivity index is 1.34. The third-order valence-electron chi connectivity index (χ3n) is 4.70. The lowest BCUT2D eigenvalue weighted by atomic mass is 10.2. The molecule has 2 fully saturated rings. The number of carbonyl (C=O) groups is 1. The summed E-state index contributed by atoms with van der Waals surface area (Å²) in [6.45, 7) is 0.801. The van der Waals surface area contributed by atoms with Gasteiger partial charge in [0.1, 0.15) is 11.9 Å². The van der Waals surface area contributed by atoms with Crippen molar-refractivity contribution in [3.63, 3.8) is 0 Å². The first-order chi connectivity index (χ1) is 13.1. The van der Waals surface area contributed by atoms with E-state index in [-0.39, 0.29) is 24.5 Å². The zero-order valence-electron chi connectivity index (χ0n) is 15.2. The molecule has 0 bridgehead atoms. The molecular formula is C19H23FN4O3. The Kier molecular flexibility index (Phi) is 4.98. The monoisotopic (exact) mass is 374 g/mol. The Hall–Kier alpha value is -2.61. The number of nitrogens with one attached hydrogen (secondary N) is 2. The first-order valence-corrected chi connectivity index (χ1v) is 9.24. The summed E-state index contributed by atoms with van der Waals surface area (Å²) in [6.07, 6.45) is 3.97. The molecule has 1 aliphatic heterocycles. The van der Waals surface area contributed by atoms with E-state index in [9.17, 15) is 9.18 Å². The van der Waals surface area contributed by atoms with Gasteiger partial charge in [-0.2, -0.15) is 5.10 Å². The smallest absolute Gasteiger partial charge is 0.320 e. The SMILES string of the molecule is Cn1nc(C2CCCO2)cc1NC(=O)NCc1cccc(OC2CC2)c1F. The van der Waals surface area contributed by atoms with Gasteiger partial charge in [0.05, 0.1) is 11.8 Å². The maximum absolute atomic E-state index is 14.5. The molecule has 1 aromatic heterocycles. The molecule has 2 N–H and O–H groups in total. The van der Waals surface area contributed by atoms with Crippen molar-refractivity contribution >= 4 is 11.8 Å². The molecule has 1 aromatic carbocycles. The molecule has 2 amide bonds. The molecule has 27 heavy (non-hydrogen) atoms. The van der Waals surface area contributed by atoms with Gasteiger partial charge in [-0.25, -0.2) is 9.18 Å². The fourth-order valence-corrected chi connectivity index (χ4v) is 3.06. The molecule has 1 saturated carbocycles. The highest BCUT2D eigenvalue weighted by Gasteiger charge is 2.25. The number of urea groups is 1. The van der Waals surface area contributed by atoms with Crippen LogP contribution in [-0.4, -0.2) is 28.5 Å². The predicted octanol–water partition coefficient (Wildman–Crippen LogP) is 3.27. The highest BCUT2D eigenvalue weighted by molar-refractivity contribution is 5.88. The Morgan fingerprint density at radius 2 is 2.26 bits per heavy atom. The Labute approximate surface area is 156 Å². The van der Waals surface area contributed by atoms with Crippen LogP contribution in [0, 0.1) is 5.82 Å². The number of anilines is 1. The third kappa shape index (κ3) is 4.21. The molecule has 1 atom stereocenters. The van der Waals surface area contributed by atoms with Gasteiger partial charge in [0, 0.05) is 31.8 Å². The van der Waals surface area contributed by atoms with Gasteiger partial charge in [0.2, 0.25) is 0 Å². The summed E-state index contributed by atoms with van der Waals surface area (Å²) < 4.78 is 27.2. The van der Waals surface area contributed by atoms with Gasteiger partial charge in [-0.3, -0.25) is 10.00 Å². The molecule has 2 aromatic rings. The Bertz CT molecular complexity index is 828. The summed E-state index contributed by atoms with van der Waals surface area (Å²) in [5.74, 6) is 0.375. The summed E-state index contributed by atoms with van der Waals surface area (Å²) in [5.41, 5.74) is 1.19. The Morgan fingerprint density at radius 3 is 3.00 bits per heavy atom. The molecule has 8 heteroatoms. The minimum atomic E-state index is -0.426. The molecule has 0 radical (unpaired) electrons. The van der Waals surface area contributed by atoms with E-state index in [1.165, 1.54) is 0 Å². The molecule has 4 rings (SSSR count). The highest BCUT2D eigenvalue weighted by Crippen LogP contribution is 2.30. The number of benzene rings is 1. The van der Waals surface area contributed by atoms with E-state index in [2.05, 4.69) is 15.7 Å². The van der Waals surface area contributed by atoms with Crippen molar-refractivity contribution in [2.75, 3.05) is 11.9 Å². The van der Waals surface area contributed by atoms with Crippen molar-refractivity contribution in [2.24, 2.45) is 7.05 Å². The van der Waals surface area contributed by atoms with E-state index < -0.39 is 11.8 Å². The number of hydrogen-bond donors (Lipinski definition) is 2. The quantitative estimate of drug-likeness (QED) is 0.814. The fraction of sp³-hybridized carbons (Fsp3) is 0.474. The maximum atomic E-state index is 14.5. The number of carbonyl (C=O) groups excluding carboxylic acids is 1. The number of hydrogen-bond acceptors (Lipinski definition) is 4. The minimum Gasteiger partial charge on any atom is -0.487 e. The second-order valence-electron chi connectivity index (χ2n) is 6.93. The van der Waals surface area contributed by atoms with Crippen LogP contribution in [0.25, 0.3) is 0 Å². The topological polar surface area (TPSA) is 77.4 Å². The van der Waals surface area contributed by atoms with Crippen LogP contribution < -0.4 is 15.4 Å². The van der Waals surface area contributed by atoms with E-state index in [0.29, 0.717) is 11.4 Å². The molecule has 2 aliphatic rings. The number of nitrogens with zero attached hydrogens (tertiary/aromatic N) is 2. The van der Waals surface area contributed by atoms with Crippen LogP contribution in [0.4, 0.5) is 15.0 Å². The van der Waals surface area contributed by atoms with Gasteiger partial charge in [0.25, 0.3) is 0 Å². The normalized spacial score (nSPS) is 19.1. The van der Waals surface area contributed by atoms with E-state index in [0.717, 1.165) is 38.0 Å². The van der Waals surface area contributed by atoms with Crippen LogP contribution in [0.5, 0.6) is 5.75 Å². The van der Waals surface area contributed by atoms with Crippen molar-refractivity contribution < 1.29 is 18.7 Å². The summed E-state index contributed by atoms with van der Waals surface area (Å²) in [6, 6.07) is 6.35. The van der Waals surface area contributed by atoms with Crippen LogP contribution in [-0.2, 0) is 18.3 Å². The van der Waals surface area contributed by atoms with Crippen molar-refractivity contribution in [3.8, 4) is 5.75 Å². The standard InChI is InChI=1S/C19H23FN4O3/c1-24-17(10-14(23-24)15-6-3-9-26-15)22-19(25)21-11-12-4-2-5-16(18(12)20)27-13-7-8-13/h2,4-5,10,13,15H,3,6-9,11H2,1H3,(H2,21,22,25). The van der Waals surface area contributed by atoms with Crippen molar-refractivity contribution in [3.05, 3.63) is 41.3 Å². The number of halogens is 1. The number of aryl methyl sites for hydroxylation is 1. The van der Waals surface area contributed by atoms with E-state index in [1.54, 1.807) is 36.0 Å². The van der Waals surface area contributed by atoms with E-state index >= 15 is 0 Å². The third-order valence-corrected chi connectivity index (χ3v) is 4.70. The lowest BCUT2D eigenvalue weighted by molar-refractivity contribution is 0.108. The summed E-state index contributed by atoms with van der Waals surface area (Å²) in [5, 5.41) is 9.81. The zero-order chi connectivity index (χ0) is 18.8. The van der Waals surface area contributed by atoms with Crippen molar-refractivity contribution in [2.45, 2.75) is 44.4 Å². The molecule has 1 unspecified atom stereocenters. The molecule has 1 saturated heterocycles. The summed E-state index contributed by atoms with van der Waals surface area (Å²) in [7, 11) is 1.76.